The van der Waals surface area contributed by atoms with Crippen LogP contribution < -0.4 is 37.7 Å². The van der Waals surface area contributed by atoms with Crippen LogP contribution in [0.15, 0.2) is 72.8 Å². The second kappa shape index (κ2) is 10.1. The van der Waals surface area contributed by atoms with Gasteiger partial charge in [0.1, 0.15) is 0 Å². The van der Waals surface area contributed by atoms with Crippen LogP contribution in [-0.2, 0) is 0 Å². The molecule has 18 heavy (non-hydrogen) atoms. The zero-order chi connectivity index (χ0) is 11.1. The van der Waals surface area contributed by atoms with E-state index in [1.165, 1.54) is 11.1 Å². The van der Waals surface area contributed by atoms with E-state index < -0.39 is 0 Å². The third-order valence-electron chi connectivity index (χ3n) is 2.29. The molecule has 2 aromatic carbocycles. The summed E-state index contributed by atoms with van der Waals surface area (Å²) in [4.78, 5) is 0. The predicted octanol–water partition coefficient (Wildman–Crippen LogP) is -1.35. The molecule has 0 nitrogen and oxygen atoms in total. The normalized spacial score (nSPS) is 10.0. The maximum atomic E-state index is 2.10. The van der Waals surface area contributed by atoms with Crippen molar-refractivity contribution in [2.45, 2.75) is 0 Å². The first-order valence-electron chi connectivity index (χ1n) is 5.40. The summed E-state index contributed by atoms with van der Waals surface area (Å²) < 4.78 is 0. The van der Waals surface area contributed by atoms with Gasteiger partial charge in [0.25, 0.3) is 0 Å². The molecule has 0 heterocycles. The topological polar surface area (TPSA) is 0 Å². The fourth-order valence-electron chi connectivity index (χ4n) is 1.46. The van der Waals surface area contributed by atoms with E-state index in [0.717, 1.165) is 0 Å². The molecular formula is C16H16Li2. The maximum absolute atomic E-state index is 2.10. The monoisotopic (exact) mass is 222 g/mol. The number of benzene rings is 2. The second-order valence-corrected chi connectivity index (χ2v) is 3.54. The van der Waals surface area contributed by atoms with Gasteiger partial charge in [-0.15, -0.1) is 0 Å². The Morgan fingerprint density at radius 1 is 0.556 bits per heavy atom. The Labute approximate surface area is 136 Å². The Bertz CT molecular complexity index is 435. The number of allylic oxidation sites excluding steroid dienone is 2. The third kappa shape index (κ3) is 6.16. The van der Waals surface area contributed by atoms with Crippen molar-refractivity contribution in [2.24, 2.45) is 0 Å². The van der Waals surface area contributed by atoms with Gasteiger partial charge in [-0.05, 0) is 11.1 Å². The van der Waals surface area contributed by atoms with Crippen LogP contribution in [0.4, 0.5) is 0 Å². The van der Waals surface area contributed by atoms with Gasteiger partial charge in [0.2, 0.25) is 0 Å². The molecule has 0 unspecified atom stereocenters. The van der Waals surface area contributed by atoms with Gasteiger partial charge in [0.05, 0.1) is 0 Å². The van der Waals surface area contributed by atoms with Crippen LogP contribution in [0.2, 0.25) is 0 Å². The van der Waals surface area contributed by atoms with Gasteiger partial charge in [-0.25, -0.2) is 0 Å². The summed E-state index contributed by atoms with van der Waals surface area (Å²) in [6, 6.07) is 20.6. The molecule has 0 saturated heterocycles. The quantitative estimate of drug-likeness (QED) is 0.445. The molecule has 0 spiro atoms. The molecule has 2 rings (SSSR count). The van der Waals surface area contributed by atoms with Gasteiger partial charge in [-0.2, -0.15) is 0 Å². The van der Waals surface area contributed by atoms with E-state index in [4.69, 9.17) is 0 Å². The van der Waals surface area contributed by atoms with Crippen LogP contribution in [0.1, 0.15) is 14.0 Å². The van der Waals surface area contributed by atoms with Crippen molar-refractivity contribution >= 4 is 12.2 Å². The summed E-state index contributed by atoms with van der Waals surface area (Å²) in [6.45, 7) is 0. The predicted molar refractivity (Wildman–Crippen MR) is 73.2 cm³/mol. The molecule has 0 aliphatic carbocycles. The molecule has 0 amide bonds. The van der Waals surface area contributed by atoms with Crippen LogP contribution in [0.3, 0.4) is 0 Å². The molecule has 0 aliphatic heterocycles. The molecule has 0 radical (unpaired) electrons. The van der Waals surface area contributed by atoms with E-state index in [1.54, 1.807) is 0 Å². The number of rotatable bonds is 3. The summed E-state index contributed by atoms with van der Waals surface area (Å²) in [7, 11) is 0. The van der Waals surface area contributed by atoms with E-state index in [2.05, 4.69) is 48.6 Å². The van der Waals surface area contributed by atoms with Gasteiger partial charge in [0, 0.05) is 0 Å². The van der Waals surface area contributed by atoms with Crippen molar-refractivity contribution in [3.05, 3.63) is 83.9 Å². The number of hydrogen-bond donors (Lipinski definition) is 0. The molecule has 0 aliphatic rings. The minimum atomic E-state index is 0. The van der Waals surface area contributed by atoms with Crippen molar-refractivity contribution < 1.29 is 40.6 Å². The van der Waals surface area contributed by atoms with Crippen molar-refractivity contribution in [1.82, 2.24) is 0 Å². The molecule has 0 N–H and O–H groups in total. The summed E-state index contributed by atoms with van der Waals surface area (Å²) in [5.41, 5.74) is 2.44. The third-order valence-corrected chi connectivity index (χ3v) is 2.29. The standard InChI is InChI=1S/C16H14.2Li.2H/c1-3-9-15(10-4-1)13-7-8-14-16-11-5-2-6-12-16;;;;/h1-14H;;;;/q;2*+1;2*-1/b13-7+,14-8+;;;;. The van der Waals surface area contributed by atoms with Crippen LogP contribution in [0.25, 0.3) is 12.2 Å². The van der Waals surface area contributed by atoms with Gasteiger partial charge in [-0.3, -0.25) is 0 Å². The Kier molecular flexibility index (Phi) is 9.58. The van der Waals surface area contributed by atoms with Gasteiger partial charge >= 0.3 is 37.7 Å². The Hall–Kier alpha value is -0.885. The van der Waals surface area contributed by atoms with E-state index in [-0.39, 0.29) is 40.6 Å². The Balaban J connectivity index is -0.000000722. The van der Waals surface area contributed by atoms with E-state index in [9.17, 15) is 0 Å². The fourth-order valence-corrected chi connectivity index (χ4v) is 1.46. The summed E-state index contributed by atoms with van der Waals surface area (Å²) in [5, 5.41) is 0. The van der Waals surface area contributed by atoms with Crippen LogP contribution in [0.5, 0.6) is 0 Å². The first-order valence-corrected chi connectivity index (χ1v) is 5.40. The summed E-state index contributed by atoms with van der Waals surface area (Å²) in [6.07, 6.45) is 8.31. The van der Waals surface area contributed by atoms with Crippen molar-refractivity contribution in [3.8, 4) is 0 Å². The first-order chi connectivity index (χ1) is 7.95. The van der Waals surface area contributed by atoms with Crippen molar-refractivity contribution in [3.63, 3.8) is 0 Å². The van der Waals surface area contributed by atoms with Crippen molar-refractivity contribution in [2.75, 3.05) is 0 Å². The molecule has 2 heteroatoms. The molecule has 82 valence electrons. The van der Waals surface area contributed by atoms with E-state index in [1.807, 2.05) is 36.4 Å². The van der Waals surface area contributed by atoms with E-state index >= 15 is 0 Å². The molecule has 0 fully saturated rings. The van der Waals surface area contributed by atoms with Crippen molar-refractivity contribution in [1.29, 1.82) is 0 Å². The Morgan fingerprint density at radius 2 is 0.889 bits per heavy atom. The molecule has 2 aromatic rings. The van der Waals surface area contributed by atoms with Gasteiger partial charge in [-0.1, -0.05) is 85.0 Å². The maximum Gasteiger partial charge on any atom is 1.00 e. The molecule has 0 aromatic heterocycles. The van der Waals surface area contributed by atoms with Crippen LogP contribution in [0, 0.1) is 0 Å². The summed E-state index contributed by atoms with van der Waals surface area (Å²) >= 11 is 0. The number of hydrogen-bond acceptors (Lipinski definition) is 0. The minimum absolute atomic E-state index is 0. The average molecular weight is 222 g/mol. The van der Waals surface area contributed by atoms with E-state index in [0.29, 0.717) is 0 Å². The largest absolute Gasteiger partial charge is 1.00 e. The average Bonchev–Trinajstić information content (AvgIpc) is 2.37. The zero-order valence-electron chi connectivity index (χ0n) is 13.1. The molecule has 0 saturated carbocycles. The minimum Gasteiger partial charge on any atom is -1.00 e. The van der Waals surface area contributed by atoms with Gasteiger partial charge in [0.15, 0.2) is 0 Å². The smallest absolute Gasteiger partial charge is 1.00 e. The summed E-state index contributed by atoms with van der Waals surface area (Å²) in [5.74, 6) is 0. The zero-order valence-corrected chi connectivity index (χ0v) is 11.1. The fraction of sp³-hybridized carbons (Fsp3) is 0. The van der Waals surface area contributed by atoms with Gasteiger partial charge < -0.3 is 2.85 Å². The first kappa shape index (κ1) is 17.1. The van der Waals surface area contributed by atoms with Crippen LogP contribution >= 0.6 is 0 Å². The molecule has 0 bridgehead atoms. The Morgan fingerprint density at radius 3 is 1.22 bits per heavy atom. The molecule has 0 atom stereocenters. The van der Waals surface area contributed by atoms with Crippen LogP contribution in [-0.4, -0.2) is 0 Å². The molecular weight excluding hydrogens is 206 g/mol. The second-order valence-electron chi connectivity index (χ2n) is 3.54. The SMILES string of the molecule is C(/C=C/c1ccccc1)=C\c1ccccc1.[H-].[H-].[Li+].[Li+].